The molecule has 0 unspecified atom stereocenters. The molecule has 0 radical (unpaired) electrons. The van der Waals surface area contributed by atoms with Crippen LogP contribution in [0, 0.1) is 0 Å². The van der Waals surface area contributed by atoms with Gasteiger partial charge in [0, 0.05) is 0 Å². The number of esters is 2. The molecule has 0 amide bonds. The van der Waals surface area contributed by atoms with Crippen LogP contribution in [0.2, 0.25) is 0 Å². The van der Waals surface area contributed by atoms with Crippen LogP contribution >= 0.6 is 0 Å². The third-order valence-electron chi connectivity index (χ3n) is 9.09. The average Bonchev–Trinajstić information content (AvgIpc) is 3.07. The Morgan fingerprint density at radius 3 is 0.809 bits per heavy atom. The van der Waals surface area contributed by atoms with Crippen molar-refractivity contribution in [2.75, 3.05) is 26.4 Å². The van der Waals surface area contributed by atoms with E-state index in [1.165, 1.54) is 167 Å². The lowest BCUT2D eigenvalue weighted by Gasteiger charge is -2.10. The van der Waals surface area contributed by atoms with Crippen molar-refractivity contribution in [1.29, 1.82) is 0 Å². The summed E-state index contributed by atoms with van der Waals surface area (Å²) in [5, 5.41) is 0. The van der Waals surface area contributed by atoms with Gasteiger partial charge in [-0.15, -0.1) is 0 Å². The highest BCUT2D eigenvalue weighted by molar-refractivity contribution is 5.88. The van der Waals surface area contributed by atoms with Gasteiger partial charge in [0.1, 0.15) is 0 Å². The monoisotopic (exact) mass is 663 g/mol. The van der Waals surface area contributed by atoms with Crippen LogP contribution in [0.25, 0.3) is 0 Å². The Balaban J connectivity index is 3.49. The molecule has 0 aliphatic carbocycles. The summed E-state index contributed by atoms with van der Waals surface area (Å²) in [6.45, 7) is 12.9. The second-order valence-corrected chi connectivity index (χ2v) is 13.9. The highest BCUT2D eigenvalue weighted by Crippen LogP contribution is 2.15. The predicted molar refractivity (Wildman–Crippen MR) is 201 cm³/mol. The van der Waals surface area contributed by atoms with Crippen molar-refractivity contribution in [3.63, 3.8) is 0 Å². The van der Waals surface area contributed by atoms with E-state index < -0.39 is 11.9 Å². The van der Waals surface area contributed by atoms with Crippen LogP contribution in [0.15, 0.2) is 24.3 Å². The van der Waals surface area contributed by atoms with Crippen LogP contribution in [0.3, 0.4) is 0 Å². The maximum absolute atomic E-state index is 12.2. The third kappa shape index (κ3) is 34.1. The first-order valence-electron chi connectivity index (χ1n) is 20.3. The van der Waals surface area contributed by atoms with Crippen LogP contribution in [-0.4, -0.2) is 38.4 Å². The molecule has 276 valence electrons. The molecular formula is C42H78O5. The van der Waals surface area contributed by atoms with Gasteiger partial charge in [-0.05, 0) is 12.8 Å². The van der Waals surface area contributed by atoms with E-state index in [9.17, 15) is 9.59 Å². The molecule has 0 rings (SSSR count). The van der Waals surface area contributed by atoms with E-state index in [2.05, 4.69) is 27.0 Å². The second-order valence-electron chi connectivity index (χ2n) is 13.9. The van der Waals surface area contributed by atoms with E-state index in [-0.39, 0.29) is 24.4 Å². The van der Waals surface area contributed by atoms with Crippen molar-refractivity contribution in [3.05, 3.63) is 24.3 Å². The maximum Gasteiger partial charge on any atom is 0.335 e. The SMILES string of the molecule is C=C(COCC(=C)C(=O)OCCCCCCCCCCCCCCCCC)C(=O)OCCCCCCCCCCCCCCCCC. The van der Waals surface area contributed by atoms with E-state index in [0.29, 0.717) is 13.2 Å². The van der Waals surface area contributed by atoms with E-state index in [1.54, 1.807) is 0 Å². The molecule has 0 saturated carbocycles. The molecule has 0 aromatic heterocycles. The maximum atomic E-state index is 12.2. The van der Waals surface area contributed by atoms with Gasteiger partial charge < -0.3 is 14.2 Å². The molecule has 0 aromatic carbocycles. The normalized spacial score (nSPS) is 11.1. The lowest BCUT2D eigenvalue weighted by atomic mass is 10.0. The molecule has 0 aromatic rings. The summed E-state index contributed by atoms with van der Waals surface area (Å²) in [5.41, 5.74) is 0.509. The highest BCUT2D eigenvalue weighted by atomic mass is 16.5. The van der Waals surface area contributed by atoms with Crippen molar-refractivity contribution in [3.8, 4) is 0 Å². The van der Waals surface area contributed by atoms with Gasteiger partial charge in [-0.2, -0.15) is 0 Å². The minimum atomic E-state index is -0.434. The zero-order valence-corrected chi connectivity index (χ0v) is 31.5. The molecule has 0 bridgehead atoms. The fraction of sp³-hybridized carbons (Fsp3) is 0.857. The topological polar surface area (TPSA) is 61.8 Å². The molecule has 0 spiro atoms. The molecule has 0 N–H and O–H groups in total. The average molecular weight is 663 g/mol. The second kappa shape index (κ2) is 37.2. The summed E-state index contributed by atoms with van der Waals surface area (Å²) in [4.78, 5) is 24.3. The summed E-state index contributed by atoms with van der Waals surface area (Å²) >= 11 is 0. The van der Waals surface area contributed by atoms with E-state index >= 15 is 0 Å². The van der Waals surface area contributed by atoms with Crippen molar-refractivity contribution in [2.24, 2.45) is 0 Å². The number of rotatable bonds is 38. The lowest BCUT2D eigenvalue weighted by molar-refractivity contribution is -0.139. The van der Waals surface area contributed by atoms with E-state index in [4.69, 9.17) is 14.2 Å². The molecule has 47 heavy (non-hydrogen) atoms. The Morgan fingerprint density at radius 1 is 0.362 bits per heavy atom. The van der Waals surface area contributed by atoms with Gasteiger partial charge in [0.25, 0.3) is 0 Å². The number of hydrogen-bond acceptors (Lipinski definition) is 5. The van der Waals surface area contributed by atoms with Crippen LogP contribution < -0.4 is 0 Å². The van der Waals surface area contributed by atoms with Gasteiger partial charge in [0.2, 0.25) is 0 Å². The molecule has 0 aliphatic rings. The fourth-order valence-electron chi connectivity index (χ4n) is 5.90. The van der Waals surface area contributed by atoms with Gasteiger partial charge in [-0.25, -0.2) is 9.59 Å². The van der Waals surface area contributed by atoms with Crippen LogP contribution in [0.4, 0.5) is 0 Å². The van der Waals surface area contributed by atoms with E-state index in [1.807, 2.05) is 0 Å². The predicted octanol–water partition coefficient (Wildman–Crippen LogP) is 12.9. The smallest absolute Gasteiger partial charge is 0.335 e. The van der Waals surface area contributed by atoms with Gasteiger partial charge >= 0.3 is 11.9 Å². The molecule has 0 aliphatic heterocycles. The van der Waals surface area contributed by atoms with Gasteiger partial charge in [0.05, 0.1) is 37.6 Å². The van der Waals surface area contributed by atoms with Crippen molar-refractivity contribution in [2.45, 2.75) is 206 Å². The third-order valence-corrected chi connectivity index (χ3v) is 9.09. The van der Waals surface area contributed by atoms with Crippen molar-refractivity contribution >= 4 is 11.9 Å². The molecule has 5 heteroatoms. The Labute approximate surface area is 292 Å². The van der Waals surface area contributed by atoms with Crippen LogP contribution in [0.5, 0.6) is 0 Å². The largest absolute Gasteiger partial charge is 0.462 e. The fourth-order valence-corrected chi connectivity index (χ4v) is 5.90. The van der Waals surface area contributed by atoms with Crippen LogP contribution in [0.1, 0.15) is 206 Å². The summed E-state index contributed by atoms with van der Waals surface area (Å²) in [7, 11) is 0. The van der Waals surface area contributed by atoms with Crippen LogP contribution in [-0.2, 0) is 23.8 Å². The number of unbranched alkanes of at least 4 members (excludes halogenated alkanes) is 28. The molecule has 0 saturated heterocycles. The summed E-state index contributed by atoms with van der Waals surface area (Å²) in [6, 6.07) is 0. The zero-order chi connectivity index (χ0) is 34.5. The Hall–Kier alpha value is -1.62. The number of carbonyl (C=O) groups is 2. The molecule has 0 atom stereocenters. The number of hydrogen-bond donors (Lipinski definition) is 0. The van der Waals surface area contributed by atoms with Crippen molar-refractivity contribution in [1.82, 2.24) is 0 Å². The molecular weight excluding hydrogens is 584 g/mol. The number of ether oxygens (including phenoxy) is 3. The first-order chi connectivity index (χ1) is 23.0. The summed E-state index contributed by atoms with van der Waals surface area (Å²) < 4.78 is 16.1. The zero-order valence-electron chi connectivity index (χ0n) is 31.5. The first kappa shape index (κ1) is 45.4. The molecule has 5 nitrogen and oxygen atoms in total. The molecule has 0 heterocycles. The standard InChI is InChI=1S/C42H78O5/c1-5-7-9-11-13-15-17-19-21-23-25-27-29-31-33-35-46-41(43)39(3)37-45-38-40(4)42(44)47-36-34-32-30-28-26-24-22-20-18-16-14-12-10-8-6-2/h3-38H2,1-2H3. The number of carbonyl (C=O) groups excluding carboxylic acids is 2. The van der Waals surface area contributed by atoms with Gasteiger partial charge in [-0.3, -0.25) is 0 Å². The Kier molecular flexibility index (Phi) is 35.9. The summed E-state index contributed by atoms with van der Waals surface area (Å²) in [6.07, 6.45) is 39.1. The lowest BCUT2D eigenvalue weighted by Crippen LogP contribution is -2.16. The Bertz CT molecular complexity index is 671. The van der Waals surface area contributed by atoms with Gasteiger partial charge in [0.15, 0.2) is 0 Å². The minimum Gasteiger partial charge on any atom is -0.462 e. The highest BCUT2D eigenvalue weighted by Gasteiger charge is 2.12. The van der Waals surface area contributed by atoms with E-state index in [0.717, 1.165) is 25.7 Å². The van der Waals surface area contributed by atoms with Crippen molar-refractivity contribution < 1.29 is 23.8 Å². The Morgan fingerprint density at radius 2 is 0.574 bits per heavy atom. The van der Waals surface area contributed by atoms with Gasteiger partial charge in [-0.1, -0.05) is 207 Å². The first-order valence-corrected chi connectivity index (χ1v) is 20.3. The minimum absolute atomic E-state index is 0.0169. The quantitative estimate of drug-likeness (QED) is 0.0374. The molecule has 0 fully saturated rings. The summed E-state index contributed by atoms with van der Waals surface area (Å²) in [5.74, 6) is -0.867.